The van der Waals surface area contributed by atoms with E-state index in [1.54, 1.807) is 12.3 Å². The maximum Gasteiger partial charge on any atom is 0.132 e. The lowest BCUT2D eigenvalue weighted by Gasteiger charge is -2.29. The monoisotopic (exact) mass is 500 g/mol. The third-order valence-electron chi connectivity index (χ3n) is 6.12. The molecule has 0 radical (unpaired) electrons. The number of rotatable bonds is 5. The van der Waals surface area contributed by atoms with Crippen LogP contribution >= 0.6 is 11.6 Å². The van der Waals surface area contributed by atoms with Crippen LogP contribution in [-0.4, -0.2) is 51.1 Å². The number of pyridine rings is 3. The number of nitrogens with one attached hydrogen (secondary N) is 3. The summed E-state index contributed by atoms with van der Waals surface area (Å²) in [6.07, 6.45) is 5.15. The summed E-state index contributed by atoms with van der Waals surface area (Å²) >= 11 is 6.10. The number of benzene rings is 1. The van der Waals surface area contributed by atoms with Crippen molar-refractivity contribution in [3.05, 3.63) is 78.1 Å². The van der Waals surface area contributed by atoms with Crippen LogP contribution in [0.2, 0.25) is 5.02 Å². The Morgan fingerprint density at radius 1 is 0.917 bits per heavy atom. The summed E-state index contributed by atoms with van der Waals surface area (Å²) in [7, 11) is 0. The van der Waals surface area contributed by atoms with Crippen LogP contribution in [0.3, 0.4) is 0 Å². The van der Waals surface area contributed by atoms with Crippen LogP contribution < -0.4 is 15.5 Å². The molecule has 3 N–H and O–H groups in total. The molecule has 8 nitrogen and oxygen atoms in total. The van der Waals surface area contributed by atoms with Gasteiger partial charge >= 0.3 is 0 Å². The van der Waals surface area contributed by atoms with Gasteiger partial charge in [-0.2, -0.15) is 0 Å². The first-order valence-corrected chi connectivity index (χ1v) is 12.0. The zero-order chi connectivity index (χ0) is 24.5. The van der Waals surface area contributed by atoms with E-state index in [0.717, 1.165) is 48.9 Å². The predicted molar refractivity (Wildman–Crippen MR) is 140 cm³/mol. The van der Waals surface area contributed by atoms with E-state index in [4.69, 9.17) is 16.6 Å². The van der Waals surface area contributed by atoms with Gasteiger partial charge in [-0.15, -0.1) is 0 Å². The molecule has 1 aliphatic heterocycles. The van der Waals surface area contributed by atoms with Crippen molar-refractivity contribution in [1.29, 1.82) is 0 Å². The second-order valence-corrected chi connectivity index (χ2v) is 8.91. The summed E-state index contributed by atoms with van der Waals surface area (Å²) in [4.78, 5) is 23.6. The Bertz CT molecular complexity index is 1530. The number of piperazine rings is 1. The lowest BCUT2D eigenvalue weighted by atomic mass is 10.1. The number of hydrogen-bond donors (Lipinski definition) is 3. The Morgan fingerprint density at radius 2 is 1.81 bits per heavy atom. The summed E-state index contributed by atoms with van der Waals surface area (Å²) < 4.78 is 14.5. The molecule has 0 aliphatic carbocycles. The topological polar surface area (TPSA) is 94.7 Å². The van der Waals surface area contributed by atoms with Gasteiger partial charge in [0.1, 0.15) is 17.3 Å². The summed E-state index contributed by atoms with van der Waals surface area (Å²) in [6.45, 7) is 3.90. The molecule has 0 unspecified atom stereocenters. The molecule has 4 aromatic heterocycles. The standard InChI is InChI=1S/C26H22ClFN8/c27-16-1-3-20(28)19(11-16)25-26(33-15-32-25)22-5-4-21-23(35-22)12-17(13-30-21)34-24-6-2-18(14-31-24)36-9-7-29-8-10-36/h1-6,11-15,29H,7-10H2,(H,31,34)(H,32,33). The van der Waals surface area contributed by atoms with Crippen LogP contribution in [0, 0.1) is 5.82 Å². The van der Waals surface area contributed by atoms with Crippen LogP contribution in [0.25, 0.3) is 33.7 Å². The Kier molecular flexibility index (Phi) is 5.92. The van der Waals surface area contributed by atoms with Crippen LogP contribution in [-0.2, 0) is 0 Å². The molecule has 1 saturated heterocycles. The van der Waals surface area contributed by atoms with Crippen molar-refractivity contribution in [2.24, 2.45) is 0 Å². The lowest BCUT2D eigenvalue weighted by molar-refractivity contribution is 0.589. The van der Waals surface area contributed by atoms with E-state index in [9.17, 15) is 4.39 Å². The van der Waals surface area contributed by atoms with Gasteiger partial charge in [0.25, 0.3) is 0 Å². The average Bonchev–Trinajstić information content (AvgIpc) is 3.40. The van der Waals surface area contributed by atoms with Crippen molar-refractivity contribution in [2.75, 3.05) is 36.4 Å². The van der Waals surface area contributed by atoms with Crippen molar-refractivity contribution in [3.8, 4) is 22.6 Å². The summed E-state index contributed by atoms with van der Waals surface area (Å²) in [5.74, 6) is 0.325. The van der Waals surface area contributed by atoms with Gasteiger partial charge in [0.2, 0.25) is 0 Å². The molecule has 5 aromatic rings. The zero-order valence-corrected chi connectivity index (χ0v) is 19.9. The van der Waals surface area contributed by atoms with Crippen LogP contribution in [0.5, 0.6) is 0 Å². The number of H-pyrrole nitrogens is 1. The molecule has 1 aliphatic rings. The van der Waals surface area contributed by atoms with E-state index in [1.165, 1.54) is 18.5 Å². The van der Waals surface area contributed by atoms with E-state index in [2.05, 4.69) is 41.5 Å². The number of fused-ring (bicyclic) bond motifs is 1. The maximum absolute atomic E-state index is 14.5. The maximum atomic E-state index is 14.5. The van der Waals surface area contributed by atoms with E-state index in [1.807, 2.05) is 30.5 Å². The second-order valence-electron chi connectivity index (χ2n) is 8.47. The average molecular weight is 501 g/mol. The molecule has 0 spiro atoms. The van der Waals surface area contributed by atoms with Crippen LogP contribution in [0.15, 0.2) is 67.3 Å². The number of imidazole rings is 1. The number of nitrogens with zero attached hydrogens (tertiary/aromatic N) is 5. The highest BCUT2D eigenvalue weighted by molar-refractivity contribution is 6.30. The molecule has 5 heterocycles. The molecule has 0 saturated carbocycles. The highest BCUT2D eigenvalue weighted by atomic mass is 35.5. The number of anilines is 3. The summed E-state index contributed by atoms with van der Waals surface area (Å²) in [6, 6.07) is 14.0. The van der Waals surface area contributed by atoms with Gasteiger partial charge in [-0.25, -0.2) is 19.3 Å². The normalized spacial score (nSPS) is 13.8. The zero-order valence-electron chi connectivity index (χ0n) is 19.2. The van der Waals surface area contributed by atoms with E-state index in [-0.39, 0.29) is 0 Å². The second kappa shape index (κ2) is 9.52. The van der Waals surface area contributed by atoms with Gasteiger partial charge in [-0.05, 0) is 48.5 Å². The fourth-order valence-corrected chi connectivity index (χ4v) is 4.48. The Balaban J connectivity index is 1.28. The van der Waals surface area contributed by atoms with Gasteiger partial charge in [-0.3, -0.25) is 4.98 Å². The van der Waals surface area contributed by atoms with Gasteiger partial charge in [-0.1, -0.05) is 11.6 Å². The van der Waals surface area contributed by atoms with Gasteiger partial charge in [0, 0.05) is 36.8 Å². The smallest absolute Gasteiger partial charge is 0.132 e. The van der Waals surface area contributed by atoms with Crippen molar-refractivity contribution in [3.63, 3.8) is 0 Å². The Morgan fingerprint density at radius 3 is 2.64 bits per heavy atom. The third-order valence-corrected chi connectivity index (χ3v) is 6.35. The number of halogens is 2. The quantitative estimate of drug-likeness (QED) is 0.311. The van der Waals surface area contributed by atoms with E-state index >= 15 is 0 Å². The first kappa shape index (κ1) is 22.4. The fourth-order valence-electron chi connectivity index (χ4n) is 4.31. The van der Waals surface area contributed by atoms with Gasteiger partial charge in [0.05, 0.1) is 52.5 Å². The Hall–Kier alpha value is -4.08. The van der Waals surface area contributed by atoms with Crippen molar-refractivity contribution in [1.82, 2.24) is 30.2 Å². The van der Waals surface area contributed by atoms with E-state index in [0.29, 0.717) is 33.2 Å². The van der Waals surface area contributed by atoms with Crippen LogP contribution in [0.4, 0.5) is 21.6 Å². The minimum atomic E-state index is -0.394. The molecule has 36 heavy (non-hydrogen) atoms. The fraction of sp³-hybridized carbons (Fsp3) is 0.154. The molecule has 10 heteroatoms. The molecule has 0 atom stereocenters. The summed E-state index contributed by atoms with van der Waals surface area (Å²) in [5.41, 5.74) is 5.25. The summed E-state index contributed by atoms with van der Waals surface area (Å²) in [5, 5.41) is 7.10. The Labute approximate surface area is 211 Å². The predicted octanol–water partition coefficient (Wildman–Crippen LogP) is 5.03. The molecular formula is C26H22ClFN8. The molecule has 0 bridgehead atoms. The number of hydrogen-bond acceptors (Lipinski definition) is 7. The number of aromatic nitrogens is 5. The first-order valence-electron chi connectivity index (χ1n) is 11.6. The van der Waals surface area contributed by atoms with Crippen molar-refractivity contribution in [2.45, 2.75) is 0 Å². The van der Waals surface area contributed by atoms with Gasteiger partial charge in [0.15, 0.2) is 0 Å². The minimum Gasteiger partial charge on any atom is -0.368 e. The SMILES string of the molecule is Fc1ccc(Cl)cc1-c1[nH]cnc1-c1ccc2ncc(Nc3ccc(N4CCNCC4)cn3)cc2n1. The molecule has 0 amide bonds. The van der Waals surface area contributed by atoms with Crippen LogP contribution in [0.1, 0.15) is 0 Å². The number of aromatic amines is 1. The molecule has 1 fully saturated rings. The highest BCUT2D eigenvalue weighted by Crippen LogP contribution is 2.32. The van der Waals surface area contributed by atoms with Gasteiger partial charge < -0.3 is 20.5 Å². The molecule has 6 rings (SSSR count). The highest BCUT2D eigenvalue weighted by Gasteiger charge is 2.16. The molecule has 180 valence electrons. The lowest BCUT2D eigenvalue weighted by Crippen LogP contribution is -2.43. The molecular weight excluding hydrogens is 479 g/mol. The third kappa shape index (κ3) is 4.46. The van der Waals surface area contributed by atoms with Crippen molar-refractivity contribution >= 4 is 39.8 Å². The largest absolute Gasteiger partial charge is 0.368 e. The minimum absolute atomic E-state index is 0.334. The van der Waals surface area contributed by atoms with Crippen molar-refractivity contribution < 1.29 is 4.39 Å². The molecule has 1 aromatic carbocycles. The van der Waals surface area contributed by atoms with E-state index < -0.39 is 5.82 Å². The first-order chi connectivity index (χ1) is 17.6.